The lowest BCUT2D eigenvalue weighted by atomic mass is 10.0. The first-order valence-corrected chi connectivity index (χ1v) is 7.45. The zero-order valence-corrected chi connectivity index (χ0v) is 11.9. The van der Waals surface area contributed by atoms with E-state index in [1.54, 1.807) is 0 Å². The molecule has 0 aliphatic carbocycles. The molecule has 2 N–H and O–H groups in total. The molecule has 106 valence electrons. The molecule has 1 saturated heterocycles. The molecule has 2 unspecified atom stereocenters. The first kappa shape index (κ1) is 14.5. The molecule has 1 aromatic carbocycles. The smallest absolute Gasteiger partial charge is 0.0703 e. The molecule has 1 aliphatic rings. The summed E-state index contributed by atoms with van der Waals surface area (Å²) in [5.74, 6) is 0. The molecule has 1 aliphatic heterocycles. The van der Waals surface area contributed by atoms with Crippen LogP contribution in [0.2, 0.25) is 0 Å². The maximum Gasteiger partial charge on any atom is 0.0703 e. The molecule has 19 heavy (non-hydrogen) atoms. The van der Waals surface area contributed by atoms with Crippen LogP contribution < -0.4 is 5.73 Å². The third-order valence-corrected chi connectivity index (χ3v) is 3.93. The number of likely N-dealkylation sites (N-methyl/N-ethyl adjacent to an activating group) is 1. The van der Waals surface area contributed by atoms with Crippen molar-refractivity contribution in [2.75, 3.05) is 26.2 Å². The lowest BCUT2D eigenvalue weighted by molar-refractivity contribution is 0.0574. The predicted octanol–water partition coefficient (Wildman–Crippen LogP) is 2.58. The SMILES string of the molecule is CCN(CC1CCCO1)C(CCN)c1ccccc1. The Bertz CT molecular complexity index is 349. The monoisotopic (exact) mass is 262 g/mol. The van der Waals surface area contributed by atoms with Gasteiger partial charge in [-0.1, -0.05) is 37.3 Å². The summed E-state index contributed by atoms with van der Waals surface area (Å²) in [5, 5.41) is 0. The van der Waals surface area contributed by atoms with Crippen LogP contribution in [-0.4, -0.2) is 37.2 Å². The van der Waals surface area contributed by atoms with Crippen molar-refractivity contribution < 1.29 is 4.74 Å². The fourth-order valence-electron chi connectivity index (χ4n) is 2.92. The summed E-state index contributed by atoms with van der Waals surface area (Å²) in [4.78, 5) is 2.51. The van der Waals surface area contributed by atoms with Crippen molar-refractivity contribution in [1.82, 2.24) is 4.90 Å². The number of benzene rings is 1. The minimum absolute atomic E-state index is 0.406. The van der Waals surface area contributed by atoms with E-state index < -0.39 is 0 Å². The van der Waals surface area contributed by atoms with E-state index in [2.05, 4.69) is 42.2 Å². The lowest BCUT2D eigenvalue weighted by Crippen LogP contribution is -2.36. The summed E-state index contributed by atoms with van der Waals surface area (Å²) in [5.41, 5.74) is 7.18. The van der Waals surface area contributed by atoms with E-state index in [0.29, 0.717) is 12.1 Å². The number of hydrogen-bond acceptors (Lipinski definition) is 3. The molecule has 0 spiro atoms. The predicted molar refractivity (Wildman–Crippen MR) is 79.1 cm³/mol. The standard InChI is InChI=1S/C16H26N2O/c1-2-18(13-15-9-6-12-19-15)16(10-11-17)14-7-4-3-5-8-14/h3-5,7-8,15-16H,2,6,9-13,17H2,1H3. The number of nitrogens with two attached hydrogens (primary N) is 1. The quantitative estimate of drug-likeness (QED) is 0.821. The molecule has 2 atom stereocenters. The van der Waals surface area contributed by atoms with E-state index in [4.69, 9.17) is 10.5 Å². The van der Waals surface area contributed by atoms with Crippen LogP contribution in [0.4, 0.5) is 0 Å². The molecule has 0 aromatic heterocycles. The van der Waals surface area contributed by atoms with Gasteiger partial charge in [0.2, 0.25) is 0 Å². The van der Waals surface area contributed by atoms with Gasteiger partial charge >= 0.3 is 0 Å². The van der Waals surface area contributed by atoms with Crippen molar-refractivity contribution in [3.05, 3.63) is 35.9 Å². The van der Waals surface area contributed by atoms with Gasteiger partial charge in [0.05, 0.1) is 6.10 Å². The van der Waals surface area contributed by atoms with E-state index in [-0.39, 0.29) is 0 Å². The van der Waals surface area contributed by atoms with Crippen molar-refractivity contribution >= 4 is 0 Å². The zero-order chi connectivity index (χ0) is 13.5. The molecule has 0 radical (unpaired) electrons. The molecule has 2 rings (SSSR count). The fraction of sp³-hybridized carbons (Fsp3) is 0.625. The van der Waals surface area contributed by atoms with Crippen molar-refractivity contribution in [2.45, 2.75) is 38.3 Å². The summed E-state index contributed by atoms with van der Waals surface area (Å²) < 4.78 is 5.78. The van der Waals surface area contributed by atoms with Crippen molar-refractivity contribution in [3.63, 3.8) is 0 Å². The average molecular weight is 262 g/mol. The first-order valence-electron chi connectivity index (χ1n) is 7.45. The number of nitrogens with zero attached hydrogens (tertiary/aromatic N) is 1. The normalized spacial score (nSPS) is 20.9. The minimum atomic E-state index is 0.406. The largest absolute Gasteiger partial charge is 0.377 e. The molecular weight excluding hydrogens is 236 g/mol. The van der Waals surface area contributed by atoms with E-state index in [0.717, 1.165) is 32.7 Å². The lowest BCUT2D eigenvalue weighted by Gasteiger charge is -2.32. The Morgan fingerprint density at radius 1 is 1.37 bits per heavy atom. The van der Waals surface area contributed by atoms with E-state index in [9.17, 15) is 0 Å². The highest BCUT2D eigenvalue weighted by molar-refractivity contribution is 5.19. The highest BCUT2D eigenvalue weighted by atomic mass is 16.5. The van der Waals surface area contributed by atoms with Crippen molar-refractivity contribution in [1.29, 1.82) is 0 Å². The summed E-state index contributed by atoms with van der Waals surface area (Å²) in [6, 6.07) is 11.1. The van der Waals surface area contributed by atoms with Crippen LogP contribution >= 0.6 is 0 Å². The molecule has 3 heteroatoms. The van der Waals surface area contributed by atoms with Crippen LogP contribution in [0.25, 0.3) is 0 Å². The number of ether oxygens (including phenoxy) is 1. The van der Waals surface area contributed by atoms with Crippen LogP contribution in [0.15, 0.2) is 30.3 Å². The van der Waals surface area contributed by atoms with Gasteiger partial charge in [0.1, 0.15) is 0 Å². The van der Waals surface area contributed by atoms with Gasteiger partial charge in [-0.25, -0.2) is 0 Å². The molecule has 0 amide bonds. The first-order chi connectivity index (χ1) is 9.35. The van der Waals surface area contributed by atoms with Gasteiger partial charge in [-0.05, 0) is 37.9 Å². The minimum Gasteiger partial charge on any atom is -0.377 e. The maximum atomic E-state index is 5.81. The number of hydrogen-bond donors (Lipinski definition) is 1. The van der Waals surface area contributed by atoms with E-state index in [1.165, 1.54) is 18.4 Å². The van der Waals surface area contributed by atoms with Crippen LogP contribution in [0.5, 0.6) is 0 Å². The Kier molecular flexibility index (Phi) is 5.83. The van der Waals surface area contributed by atoms with Gasteiger partial charge < -0.3 is 10.5 Å². The zero-order valence-electron chi connectivity index (χ0n) is 11.9. The van der Waals surface area contributed by atoms with Crippen LogP contribution in [-0.2, 0) is 4.74 Å². The van der Waals surface area contributed by atoms with E-state index >= 15 is 0 Å². The average Bonchev–Trinajstić information content (AvgIpc) is 2.96. The van der Waals surface area contributed by atoms with Crippen LogP contribution in [0, 0.1) is 0 Å². The highest BCUT2D eigenvalue weighted by Gasteiger charge is 2.24. The van der Waals surface area contributed by atoms with Gasteiger partial charge in [-0.15, -0.1) is 0 Å². The third kappa shape index (κ3) is 4.03. The van der Waals surface area contributed by atoms with E-state index in [1.807, 2.05) is 0 Å². The van der Waals surface area contributed by atoms with Gasteiger partial charge in [-0.2, -0.15) is 0 Å². The van der Waals surface area contributed by atoms with Crippen molar-refractivity contribution in [2.24, 2.45) is 5.73 Å². The van der Waals surface area contributed by atoms with Gasteiger partial charge in [0.25, 0.3) is 0 Å². The molecule has 1 fully saturated rings. The Balaban J connectivity index is 2.06. The van der Waals surface area contributed by atoms with Crippen LogP contribution in [0.3, 0.4) is 0 Å². The summed E-state index contributed by atoms with van der Waals surface area (Å²) in [6.45, 7) is 5.94. The molecule has 0 saturated carbocycles. The van der Waals surface area contributed by atoms with Crippen LogP contribution in [0.1, 0.15) is 37.8 Å². The molecule has 3 nitrogen and oxygen atoms in total. The Labute approximate surface area is 116 Å². The molecule has 1 heterocycles. The Morgan fingerprint density at radius 3 is 2.74 bits per heavy atom. The Morgan fingerprint density at radius 2 is 2.16 bits per heavy atom. The highest BCUT2D eigenvalue weighted by Crippen LogP contribution is 2.25. The second-order valence-corrected chi connectivity index (χ2v) is 5.23. The second kappa shape index (κ2) is 7.63. The summed E-state index contributed by atoms with van der Waals surface area (Å²) in [7, 11) is 0. The second-order valence-electron chi connectivity index (χ2n) is 5.23. The van der Waals surface area contributed by atoms with Crippen molar-refractivity contribution in [3.8, 4) is 0 Å². The molecule has 0 bridgehead atoms. The maximum absolute atomic E-state index is 5.81. The number of rotatable bonds is 7. The topological polar surface area (TPSA) is 38.5 Å². The van der Waals surface area contributed by atoms with Gasteiger partial charge in [-0.3, -0.25) is 4.90 Å². The Hall–Kier alpha value is -0.900. The molecule has 1 aromatic rings. The third-order valence-electron chi connectivity index (χ3n) is 3.93. The molecular formula is C16H26N2O. The fourth-order valence-corrected chi connectivity index (χ4v) is 2.92. The van der Waals surface area contributed by atoms with Gasteiger partial charge in [0, 0.05) is 19.2 Å². The van der Waals surface area contributed by atoms with Gasteiger partial charge in [0.15, 0.2) is 0 Å². The summed E-state index contributed by atoms with van der Waals surface area (Å²) >= 11 is 0. The summed E-state index contributed by atoms with van der Waals surface area (Å²) in [6.07, 6.45) is 3.81.